The van der Waals surface area contributed by atoms with Gasteiger partial charge in [0.1, 0.15) is 12.4 Å². The summed E-state index contributed by atoms with van der Waals surface area (Å²) in [5.74, 6) is -0.488. The highest BCUT2D eigenvalue weighted by Gasteiger charge is 2.35. The maximum atomic E-state index is 13.1. The summed E-state index contributed by atoms with van der Waals surface area (Å²) in [6.45, 7) is 0.596. The summed E-state index contributed by atoms with van der Waals surface area (Å²) < 4.78 is 18.6. The smallest absolute Gasteiger partial charge is 0.249 e. The van der Waals surface area contributed by atoms with E-state index >= 15 is 0 Å². The van der Waals surface area contributed by atoms with E-state index in [4.69, 9.17) is 4.74 Å². The Bertz CT molecular complexity index is 675. The number of halogens is 1. The van der Waals surface area contributed by atoms with Crippen molar-refractivity contribution >= 4 is 5.91 Å². The molecule has 1 aliphatic heterocycles. The second-order valence-electron chi connectivity index (χ2n) is 5.98. The lowest BCUT2D eigenvalue weighted by Crippen LogP contribution is -2.34. The molecule has 0 saturated carbocycles. The second-order valence-corrected chi connectivity index (χ2v) is 5.98. The number of hydrogen-bond donors (Lipinski definition) is 1. The lowest BCUT2D eigenvalue weighted by Gasteiger charge is -2.24. The molecule has 1 aliphatic rings. The SMILES string of the molecule is O=C(COCc1ccccc1)N1C[C@@H](O)C[C@H]1c1ccc(F)cc1. The van der Waals surface area contributed by atoms with Crippen LogP contribution in [0, 0.1) is 5.82 Å². The topological polar surface area (TPSA) is 49.8 Å². The van der Waals surface area contributed by atoms with Crippen LogP contribution in [0.25, 0.3) is 0 Å². The molecule has 1 N–H and O–H groups in total. The van der Waals surface area contributed by atoms with Crippen LogP contribution in [0.4, 0.5) is 4.39 Å². The van der Waals surface area contributed by atoms with E-state index < -0.39 is 6.10 Å². The Morgan fingerprint density at radius 1 is 1.17 bits per heavy atom. The average Bonchev–Trinajstić information content (AvgIpc) is 2.98. The fraction of sp³-hybridized carbons (Fsp3) is 0.316. The number of carbonyl (C=O) groups excluding carboxylic acids is 1. The average molecular weight is 329 g/mol. The van der Waals surface area contributed by atoms with Crippen molar-refractivity contribution in [1.29, 1.82) is 0 Å². The summed E-state index contributed by atoms with van der Waals surface area (Å²) >= 11 is 0. The van der Waals surface area contributed by atoms with Crippen LogP contribution in [0.5, 0.6) is 0 Å². The summed E-state index contributed by atoms with van der Waals surface area (Å²) in [5.41, 5.74) is 1.83. The zero-order valence-electron chi connectivity index (χ0n) is 13.3. The van der Waals surface area contributed by atoms with E-state index in [0.717, 1.165) is 11.1 Å². The summed E-state index contributed by atoms with van der Waals surface area (Å²) in [5, 5.41) is 9.93. The first kappa shape index (κ1) is 16.6. The van der Waals surface area contributed by atoms with Crippen molar-refractivity contribution in [3.8, 4) is 0 Å². The largest absolute Gasteiger partial charge is 0.391 e. The molecular formula is C19H20FNO3. The van der Waals surface area contributed by atoms with Crippen molar-refractivity contribution in [2.75, 3.05) is 13.2 Å². The van der Waals surface area contributed by atoms with Crippen molar-refractivity contribution in [3.05, 3.63) is 71.5 Å². The van der Waals surface area contributed by atoms with Gasteiger partial charge in [0.25, 0.3) is 0 Å². The molecule has 0 aromatic heterocycles. The van der Waals surface area contributed by atoms with E-state index in [2.05, 4.69) is 0 Å². The third-order valence-electron chi connectivity index (χ3n) is 4.19. The van der Waals surface area contributed by atoms with Gasteiger partial charge in [-0.1, -0.05) is 42.5 Å². The van der Waals surface area contributed by atoms with E-state index in [9.17, 15) is 14.3 Å². The minimum absolute atomic E-state index is 0.0424. The van der Waals surface area contributed by atoms with Gasteiger partial charge in [0.15, 0.2) is 0 Å². The number of hydrogen-bond acceptors (Lipinski definition) is 3. The maximum absolute atomic E-state index is 13.1. The molecule has 0 radical (unpaired) electrons. The van der Waals surface area contributed by atoms with Crippen molar-refractivity contribution in [2.24, 2.45) is 0 Å². The minimum atomic E-state index is -0.571. The van der Waals surface area contributed by atoms with Gasteiger partial charge < -0.3 is 14.7 Å². The first-order valence-electron chi connectivity index (χ1n) is 7.98. The van der Waals surface area contributed by atoms with Crippen LogP contribution in [0.15, 0.2) is 54.6 Å². The first-order chi connectivity index (χ1) is 11.6. The van der Waals surface area contributed by atoms with Crippen LogP contribution in [-0.2, 0) is 16.1 Å². The lowest BCUT2D eigenvalue weighted by molar-refractivity contribution is -0.137. The molecule has 1 fully saturated rings. The van der Waals surface area contributed by atoms with Gasteiger partial charge in [0, 0.05) is 6.54 Å². The minimum Gasteiger partial charge on any atom is -0.391 e. The number of aliphatic hydroxyl groups excluding tert-OH is 1. The fourth-order valence-electron chi connectivity index (χ4n) is 3.00. The van der Waals surface area contributed by atoms with Crippen LogP contribution in [0.2, 0.25) is 0 Å². The van der Waals surface area contributed by atoms with Gasteiger partial charge in [-0.25, -0.2) is 4.39 Å². The molecular weight excluding hydrogens is 309 g/mol. The van der Waals surface area contributed by atoms with Crippen molar-refractivity contribution in [3.63, 3.8) is 0 Å². The normalized spacial score (nSPS) is 20.3. The highest BCUT2D eigenvalue weighted by Crippen LogP contribution is 2.32. The highest BCUT2D eigenvalue weighted by atomic mass is 19.1. The van der Waals surface area contributed by atoms with Crippen LogP contribution >= 0.6 is 0 Å². The van der Waals surface area contributed by atoms with Gasteiger partial charge in [-0.05, 0) is 29.7 Å². The molecule has 0 spiro atoms. The van der Waals surface area contributed by atoms with E-state index in [1.807, 2.05) is 30.3 Å². The maximum Gasteiger partial charge on any atom is 0.249 e. The summed E-state index contributed by atoms with van der Waals surface area (Å²) in [6.07, 6.45) is -0.117. The van der Waals surface area contributed by atoms with E-state index in [1.54, 1.807) is 17.0 Å². The number of likely N-dealkylation sites (tertiary alicyclic amines) is 1. The monoisotopic (exact) mass is 329 g/mol. The number of ether oxygens (including phenoxy) is 1. The number of benzene rings is 2. The molecule has 1 heterocycles. The Hall–Kier alpha value is -2.24. The quantitative estimate of drug-likeness (QED) is 0.917. The van der Waals surface area contributed by atoms with Gasteiger partial charge in [-0.3, -0.25) is 4.79 Å². The second kappa shape index (κ2) is 7.55. The Labute approximate surface area is 140 Å². The number of carbonyl (C=O) groups is 1. The van der Waals surface area contributed by atoms with Crippen molar-refractivity contribution < 1.29 is 19.0 Å². The lowest BCUT2D eigenvalue weighted by atomic mass is 10.0. The number of aliphatic hydroxyl groups is 1. The van der Waals surface area contributed by atoms with Gasteiger partial charge in [0.2, 0.25) is 5.91 Å². The Balaban J connectivity index is 1.60. The van der Waals surface area contributed by atoms with Gasteiger partial charge in [-0.15, -0.1) is 0 Å². The number of rotatable bonds is 5. The molecule has 0 unspecified atom stereocenters. The van der Waals surface area contributed by atoms with Crippen molar-refractivity contribution in [1.82, 2.24) is 4.90 Å². The van der Waals surface area contributed by atoms with Crippen LogP contribution < -0.4 is 0 Å². The zero-order valence-corrected chi connectivity index (χ0v) is 13.3. The van der Waals surface area contributed by atoms with Gasteiger partial charge in [0.05, 0.1) is 18.8 Å². The molecule has 24 heavy (non-hydrogen) atoms. The molecule has 3 rings (SSSR count). The molecule has 1 amide bonds. The standard InChI is InChI=1S/C19H20FNO3/c20-16-8-6-15(7-9-16)18-10-17(22)11-21(18)19(23)13-24-12-14-4-2-1-3-5-14/h1-9,17-18,22H,10-13H2/t17-,18-/m0/s1. The van der Waals surface area contributed by atoms with Crippen LogP contribution in [0.3, 0.4) is 0 Å². The first-order valence-corrected chi connectivity index (χ1v) is 7.98. The Morgan fingerprint density at radius 2 is 1.88 bits per heavy atom. The molecule has 126 valence electrons. The molecule has 1 saturated heterocycles. The van der Waals surface area contributed by atoms with Gasteiger partial charge >= 0.3 is 0 Å². The van der Waals surface area contributed by atoms with Gasteiger partial charge in [-0.2, -0.15) is 0 Å². The molecule has 5 heteroatoms. The number of β-amino-alcohol motifs (C(OH)–C–C–N with tert-alkyl or cyclic N) is 1. The van der Waals surface area contributed by atoms with E-state index in [0.29, 0.717) is 13.0 Å². The molecule has 0 bridgehead atoms. The van der Waals surface area contributed by atoms with E-state index in [1.165, 1.54) is 12.1 Å². The summed E-state index contributed by atoms with van der Waals surface area (Å²) in [7, 11) is 0. The predicted octanol–water partition coefficient (Wildman–Crippen LogP) is 2.68. The van der Waals surface area contributed by atoms with E-state index in [-0.39, 0.29) is 30.9 Å². The molecule has 2 aromatic carbocycles. The van der Waals surface area contributed by atoms with Crippen LogP contribution in [-0.4, -0.2) is 35.2 Å². The number of amides is 1. The molecule has 0 aliphatic carbocycles. The third-order valence-corrected chi connectivity index (χ3v) is 4.19. The third kappa shape index (κ3) is 3.99. The zero-order chi connectivity index (χ0) is 16.9. The Kier molecular flexibility index (Phi) is 5.23. The Morgan fingerprint density at radius 3 is 2.58 bits per heavy atom. The van der Waals surface area contributed by atoms with Crippen LogP contribution in [0.1, 0.15) is 23.6 Å². The van der Waals surface area contributed by atoms with Crippen molar-refractivity contribution in [2.45, 2.75) is 25.2 Å². The summed E-state index contributed by atoms with van der Waals surface area (Å²) in [4.78, 5) is 14.1. The highest BCUT2D eigenvalue weighted by molar-refractivity contribution is 5.78. The molecule has 2 atom stereocenters. The molecule has 2 aromatic rings. The molecule has 4 nitrogen and oxygen atoms in total. The number of nitrogens with zero attached hydrogens (tertiary/aromatic N) is 1. The predicted molar refractivity (Wildman–Crippen MR) is 87.6 cm³/mol. The fourth-order valence-corrected chi connectivity index (χ4v) is 3.00. The summed E-state index contributed by atoms with van der Waals surface area (Å²) in [6, 6.07) is 15.4.